The molecular weight excluding hydrogens is 156 g/mol. The summed E-state index contributed by atoms with van der Waals surface area (Å²) in [6.07, 6.45) is 8.62. The fourth-order valence-corrected chi connectivity index (χ4v) is 1.67. The lowest BCUT2D eigenvalue weighted by Crippen LogP contribution is -1.99. The zero-order valence-electron chi connectivity index (χ0n) is 10.0. The second kappa shape index (κ2) is 7.17. The molecule has 78 valence electrons. The van der Waals surface area contributed by atoms with Crippen LogP contribution in [0.15, 0.2) is 12.2 Å². The second-order valence-electron chi connectivity index (χ2n) is 4.98. The van der Waals surface area contributed by atoms with E-state index < -0.39 is 0 Å². The van der Waals surface area contributed by atoms with Crippen molar-refractivity contribution >= 4 is 0 Å². The lowest BCUT2D eigenvalue weighted by Gasteiger charge is -2.12. The van der Waals surface area contributed by atoms with Gasteiger partial charge in [-0.3, -0.25) is 0 Å². The van der Waals surface area contributed by atoms with Gasteiger partial charge in [-0.05, 0) is 37.0 Å². The Morgan fingerprint density at radius 2 is 1.62 bits per heavy atom. The molecule has 0 bridgehead atoms. The highest BCUT2D eigenvalue weighted by molar-refractivity contribution is 4.84. The first kappa shape index (κ1) is 12.7. The van der Waals surface area contributed by atoms with Gasteiger partial charge in [-0.2, -0.15) is 0 Å². The van der Waals surface area contributed by atoms with Crippen molar-refractivity contribution in [2.45, 2.75) is 53.9 Å². The fourth-order valence-electron chi connectivity index (χ4n) is 1.67. The van der Waals surface area contributed by atoms with Crippen LogP contribution in [0.2, 0.25) is 0 Å². The molecule has 0 heterocycles. The van der Waals surface area contributed by atoms with Gasteiger partial charge >= 0.3 is 0 Å². The normalized spacial score (nSPS) is 14.7. The molecule has 1 unspecified atom stereocenters. The smallest absolute Gasteiger partial charge is 0.0290 e. The van der Waals surface area contributed by atoms with Gasteiger partial charge in [-0.25, -0.2) is 0 Å². The molecule has 0 spiro atoms. The third kappa shape index (κ3) is 9.66. The van der Waals surface area contributed by atoms with Crippen LogP contribution >= 0.6 is 0 Å². The van der Waals surface area contributed by atoms with Crippen molar-refractivity contribution in [1.29, 1.82) is 0 Å². The summed E-state index contributed by atoms with van der Waals surface area (Å²) in [6.45, 7) is 11.4. The van der Waals surface area contributed by atoms with Gasteiger partial charge in [0.15, 0.2) is 0 Å². The molecule has 0 aromatic heterocycles. The lowest BCUT2D eigenvalue weighted by molar-refractivity contribution is 0.417. The Morgan fingerprint density at radius 3 is 2.08 bits per heavy atom. The van der Waals surface area contributed by atoms with Crippen LogP contribution in [0.4, 0.5) is 0 Å². The first-order chi connectivity index (χ1) is 6.02. The molecule has 0 N–H and O–H groups in total. The van der Waals surface area contributed by atoms with Gasteiger partial charge in [-0.15, -0.1) is 0 Å². The molecule has 0 aromatic carbocycles. The summed E-state index contributed by atoms with van der Waals surface area (Å²) < 4.78 is 0. The predicted molar refractivity (Wildman–Crippen MR) is 61.8 cm³/mol. The monoisotopic (exact) mass is 182 g/mol. The van der Waals surface area contributed by atoms with Crippen LogP contribution in [0.3, 0.4) is 0 Å². The quantitative estimate of drug-likeness (QED) is 0.524. The maximum atomic E-state index is 2.36. The summed E-state index contributed by atoms with van der Waals surface area (Å²) in [4.78, 5) is 0. The average Bonchev–Trinajstić information content (AvgIpc) is 1.96. The Labute approximate surface area is 84.4 Å². The highest BCUT2D eigenvalue weighted by Gasteiger charge is 2.03. The minimum atomic E-state index is 0.709. The minimum Gasteiger partial charge on any atom is -0.0883 e. The molecule has 0 rings (SSSR count). The number of hydrogen-bond donors (Lipinski definition) is 0. The van der Waals surface area contributed by atoms with Gasteiger partial charge in [0.05, 0.1) is 0 Å². The Morgan fingerprint density at radius 1 is 1.00 bits per heavy atom. The van der Waals surface area contributed by atoms with Crippen molar-refractivity contribution in [2.75, 3.05) is 0 Å². The number of hydrogen-bond acceptors (Lipinski definition) is 0. The van der Waals surface area contributed by atoms with E-state index in [1.165, 1.54) is 19.3 Å². The topological polar surface area (TPSA) is 0 Å². The van der Waals surface area contributed by atoms with E-state index in [0.29, 0.717) is 5.92 Å². The zero-order chi connectivity index (χ0) is 10.3. The van der Waals surface area contributed by atoms with Gasteiger partial charge < -0.3 is 0 Å². The zero-order valence-corrected chi connectivity index (χ0v) is 10.0. The molecule has 0 heteroatoms. The largest absolute Gasteiger partial charge is 0.0883 e. The van der Waals surface area contributed by atoms with Gasteiger partial charge in [0.25, 0.3) is 0 Å². The fraction of sp³-hybridized carbons (Fsp3) is 0.846. The predicted octanol–water partition coefficient (Wildman–Crippen LogP) is 4.66. The number of rotatable bonds is 6. The molecule has 0 aromatic rings. The Hall–Kier alpha value is -0.260. The van der Waals surface area contributed by atoms with Crippen LogP contribution in [0.25, 0.3) is 0 Å². The molecule has 0 aliphatic heterocycles. The van der Waals surface area contributed by atoms with E-state index >= 15 is 0 Å². The molecule has 13 heavy (non-hydrogen) atoms. The Kier molecular flexibility index (Phi) is 7.03. The molecule has 0 radical (unpaired) electrons. The maximum Gasteiger partial charge on any atom is -0.0290 e. The van der Waals surface area contributed by atoms with Crippen LogP contribution < -0.4 is 0 Å². The average molecular weight is 182 g/mol. The van der Waals surface area contributed by atoms with E-state index in [0.717, 1.165) is 11.8 Å². The highest BCUT2D eigenvalue weighted by Crippen LogP contribution is 2.16. The van der Waals surface area contributed by atoms with E-state index in [1.54, 1.807) is 0 Å². The van der Waals surface area contributed by atoms with Crippen LogP contribution in [-0.2, 0) is 0 Å². The van der Waals surface area contributed by atoms with Crippen molar-refractivity contribution in [3.8, 4) is 0 Å². The summed E-state index contributed by atoms with van der Waals surface area (Å²) in [6, 6.07) is 0. The Balaban J connectivity index is 3.42. The van der Waals surface area contributed by atoms with Crippen molar-refractivity contribution in [1.82, 2.24) is 0 Å². The summed E-state index contributed by atoms with van der Waals surface area (Å²) in [5.41, 5.74) is 0. The molecule has 0 saturated carbocycles. The maximum absolute atomic E-state index is 2.36. The highest BCUT2D eigenvalue weighted by atomic mass is 14.1. The third-order valence-electron chi connectivity index (χ3n) is 2.22. The molecule has 0 amide bonds. The van der Waals surface area contributed by atoms with Gasteiger partial charge in [0.1, 0.15) is 0 Å². The summed E-state index contributed by atoms with van der Waals surface area (Å²) in [7, 11) is 0. The summed E-state index contributed by atoms with van der Waals surface area (Å²) in [5, 5.41) is 0. The Bertz CT molecular complexity index is 131. The molecule has 0 saturated heterocycles. The van der Waals surface area contributed by atoms with Gasteiger partial charge in [-0.1, -0.05) is 46.8 Å². The molecule has 0 fully saturated rings. The second-order valence-corrected chi connectivity index (χ2v) is 4.98. The standard InChI is InChI=1S/C13H26/c1-11(2)8-6-7-9-13(5)10-12(3)4/h6,8,11-13H,7,9-10H2,1-5H3/b8-6-. The molecule has 0 aliphatic rings. The first-order valence-electron chi connectivity index (χ1n) is 5.69. The van der Waals surface area contributed by atoms with Crippen molar-refractivity contribution in [2.24, 2.45) is 17.8 Å². The van der Waals surface area contributed by atoms with Crippen LogP contribution in [0, 0.1) is 17.8 Å². The van der Waals surface area contributed by atoms with Crippen molar-refractivity contribution in [3.63, 3.8) is 0 Å². The summed E-state index contributed by atoms with van der Waals surface area (Å²) in [5.74, 6) is 2.45. The van der Waals surface area contributed by atoms with E-state index in [4.69, 9.17) is 0 Å². The van der Waals surface area contributed by atoms with E-state index in [-0.39, 0.29) is 0 Å². The lowest BCUT2D eigenvalue weighted by atomic mass is 9.94. The van der Waals surface area contributed by atoms with Crippen LogP contribution in [0.5, 0.6) is 0 Å². The van der Waals surface area contributed by atoms with Crippen LogP contribution in [0.1, 0.15) is 53.9 Å². The molecular formula is C13H26. The van der Waals surface area contributed by atoms with Crippen LogP contribution in [-0.4, -0.2) is 0 Å². The summed E-state index contributed by atoms with van der Waals surface area (Å²) >= 11 is 0. The first-order valence-corrected chi connectivity index (χ1v) is 5.69. The van der Waals surface area contributed by atoms with Crippen molar-refractivity contribution < 1.29 is 0 Å². The minimum absolute atomic E-state index is 0.709. The molecule has 0 nitrogen and oxygen atoms in total. The SMILES string of the molecule is CC(C)/C=C\CCC(C)CC(C)C. The van der Waals surface area contributed by atoms with E-state index in [2.05, 4.69) is 46.8 Å². The van der Waals surface area contributed by atoms with E-state index in [9.17, 15) is 0 Å². The van der Waals surface area contributed by atoms with Gasteiger partial charge in [0.2, 0.25) is 0 Å². The number of allylic oxidation sites excluding steroid dienone is 2. The molecule has 0 aliphatic carbocycles. The molecule has 1 atom stereocenters. The third-order valence-corrected chi connectivity index (χ3v) is 2.22. The van der Waals surface area contributed by atoms with Gasteiger partial charge in [0, 0.05) is 0 Å². The van der Waals surface area contributed by atoms with E-state index in [1.807, 2.05) is 0 Å². The van der Waals surface area contributed by atoms with Crippen molar-refractivity contribution in [3.05, 3.63) is 12.2 Å².